The number of rotatable bonds is 2. The Hall–Kier alpha value is -2.47. The maximum Gasteiger partial charge on any atom is 0.119 e. The molecule has 1 aliphatic rings. The molecular weight excluding hydrogens is 236 g/mol. The van der Waals surface area contributed by atoms with Crippen molar-refractivity contribution < 1.29 is 4.74 Å². The third kappa shape index (κ3) is 2.13. The molecule has 19 heavy (non-hydrogen) atoms. The van der Waals surface area contributed by atoms with E-state index in [0.29, 0.717) is 5.56 Å². The third-order valence-corrected chi connectivity index (χ3v) is 3.49. The van der Waals surface area contributed by atoms with Crippen molar-refractivity contribution in [3.63, 3.8) is 0 Å². The summed E-state index contributed by atoms with van der Waals surface area (Å²) >= 11 is 0. The first-order valence-corrected chi connectivity index (χ1v) is 6.23. The monoisotopic (exact) mass is 250 g/mol. The van der Waals surface area contributed by atoms with Crippen LogP contribution in [0.1, 0.15) is 22.7 Å². The Kier molecular flexibility index (Phi) is 2.85. The Morgan fingerprint density at radius 3 is 2.95 bits per heavy atom. The van der Waals surface area contributed by atoms with Gasteiger partial charge < -0.3 is 10.1 Å². The average molecular weight is 250 g/mol. The summed E-state index contributed by atoms with van der Waals surface area (Å²) in [5, 5.41) is 12.4. The Bertz CT molecular complexity index is 658. The zero-order valence-corrected chi connectivity index (χ0v) is 10.7. The van der Waals surface area contributed by atoms with Crippen LogP contribution in [0.5, 0.6) is 5.75 Å². The molecule has 0 fully saturated rings. The van der Waals surface area contributed by atoms with Crippen molar-refractivity contribution in [3.8, 4) is 11.8 Å². The van der Waals surface area contributed by atoms with E-state index in [-0.39, 0.29) is 6.04 Å². The zero-order chi connectivity index (χ0) is 13.2. The van der Waals surface area contributed by atoms with E-state index in [9.17, 15) is 0 Å². The fourth-order valence-electron chi connectivity index (χ4n) is 2.48. The summed E-state index contributed by atoms with van der Waals surface area (Å²) in [6.45, 7) is 0. The van der Waals surface area contributed by atoms with Crippen molar-refractivity contribution >= 4 is 5.69 Å². The van der Waals surface area contributed by atoms with Gasteiger partial charge in [-0.25, -0.2) is 0 Å². The van der Waals surface area contributed by atoms with Gasteiger partial charge in [-0.05, 0) is 41.8 Å². The fourth-order valence-corrected chi connectivity index (χ4v) is 2.48. The molecule has 0 bridgehead atoms. The van der Waals surface area contributed by atoms with Crippen LogP contribution in [-0.2, 0) is 6.42 Å². The summed E-state index contributed by atoms with van der Waals surface area (Å²) in [7, 11) is 1.68. The van der Waals surface area contributed by atoms with Gasteiger partial charge in [0.1, 0.15) is 5.75 Å². The number of nitriles is 1. The summed E-state index contributed by atoms with van der Waals surface area (Å²) in [5.41, 5.74) is 4.21. The van der Waals surface area contributed by atoms with Gasteiger partial charge in [0.2, 0.25) is 0 Å². The highest BCUT2D eigenvalue weighted by atomic mass is 16.5. The first-order valence-electron chi connectivity index (χ1n) is 6.23. The fraction of sp³-hybridized carbons (Fsp3) is 0.188. The molecule has 2 aromatic rings. The van der Waals surface area contributed by atoms with Crippen LogP contribution in [0.4, 0.5) is 5.69 Å². The molecule has 0 radical (unpaired) electrons. The van der Waals surface area contributed by atoms with Crippen LogP contribution in [0.3, 0.4) is 0 Å². The van der Waals surface area contributed by atoms with Crippen molar-refractivity contribution in [3.05, 3.63) is 59.2 Å². The van der Waals surface area contributed by atoms with E-state index in [1.165, 1.54) is 11.1 Å². The van der Waals surface area contributed by atoms with E-state index in [1.54, 1.807) is 7.11 Å². The molecule has 0 saturated heterocycles. The zero-order valence-electron chi connectivity index (χ0n) is 10.7. The minimum Gasteiger partial charge on any atom is -0.497 e. The van der Waals surface area contributed by atoms with Gasteiger partial charge in [-0.1, -0.05) is 18.2 Å². The molecule has 1 aliphatic heterocycles. The molecule has 3 nitrogen and oxygen atoms in total. The molecule has 3 rings (SSSR count). The molecule has 0 spiro atoms. The van der Waals surface area contributed by atoms with Crippen LogP contribution < -0.4 is 10.1 Å². The van der Waals surface area contributed by atoms with E-state index in [4.69, 9.17) is 10.00 Å². The standard InChI is InChI=1S/C16H14N2O/c1-19-14-4-2-3-12(8-14)16-9-13-6-5-11(10-17)7-15(13)18-16/h2-8,16,18H,9H2,1H3. The van der Waals surface area contributed by atoms with Crippen molar-refractivity contribution in [2.75, 3.05) is 12.4 Å². The lowest BCUT2D eigenvalue weighted by Gasteiger charge is -2.12. The number of benzene rings is 2. The van der Waals surface area contributed by atoms with Crippen LogP contribution in [0.15, 0.2) is 42.5 Å². The summed E-state index contributed by atoms with van der Waals surface area (Å²) in [6, 6.07) is 16.3. The van der Waals surface area contributed by atoms with E-state index >= 15 is 0 Å². The molecule has 0 aromatic heterocycles. The Morgan fingerprint density at radius 2 is 2.16 bits per heavy atom. The third-order valence-electron chi connectivity index (χ3n) is 3.49. The molecule has 0 saturated carbocycles. The second-order valence-corrected chi connectivity index (χ2v) is 4.66. The number of hydrogen-bond donors (Lipinski definition) is 1. The quantitative estimate of drug-likeness (QED) is 0.889. The van der Waals surface area contributed by atoms with Crippen molar-refractivity contribution in [2.45, 2.75) is 12.5 Å². The highest BCUT2D eigenvalue weighted by molar-refractivity contribution is 5.61. The minimum atomic E-state index is 0.249. The van der Waals surface area contributed by atoms with Crippen LogP contribution in [-0.4, -0.2) is 7.11 Å². The number of ether oxygens (including phenoxy) is 1. The van der Waals surface area contributed by atoms with Gasteiger partial charge in [-0.3, -0.25) is 0 Å². The van der Waals surface area contributed by atoms with Gasteiger partial charge in [0.15, 0.2) is 0 Å². The van der Waals surface area contributed by atoms with Crippen molar-refractivity contribution in [2.24, 2.45) is 0 Å². The lowest BCUT2D eigenvalue weighted by atomic mass is 10.0. The van der Waals surface area contributed by atoms with Gasteiger partial charge in [-0.2, -0.15) is 5.26 Å². The Balaban J connectivity index is 1.89. The molecule has 1 N–H and O–H groups in total. The van der Waals surface area contributed by atoms with E-state index < -0.39 is 0 Å². The van der Waals surface area contributed by atoms with Crippen molar-refractivity contribution in [1.29, 1.82) is 5.26 Å². The molecule has 2 aromatic carbocycles. The molecule has 94 valence electrons. The van der Waals surface area contributed by atoms with Gasteiger partial charge in [0.25, 0.3) is 0 Å². The molecule has 1 heterocycles. The first-order chi connectivity index (χ1) is 9.30. The molecular formula is C16H14N2O. The molecule has 1 atom stereocenters. The number of fused-ring (bicyclic) bond motifs is 1. The van der Waals surface area contributed by atoms with Gasteiger partial charge in [0, 0.05) is 5.69 Å². The van der Waals surface area contributed by atoms with Crippen LogP contribution >= 0.6 is 0 Å². The lowest BCUT2D eigenvalue weighted by Crippen LogP contribution is -2.05. The van der Waals surface area contributed by atoms with Crippen molar-refractivity contribution in [1.82, 2.24) is 0 Å². The molecule has 3 heteroatoms. The smallest absolute Gasteiger partial charge is 0.119 e. The molecule has 0 amide bonds. The SMILES string of the molecule is COc1cccc(C2Cc3ccc(C#N)cc3N2)c1. The Morgan fingerprint density at radius 1 is 1.26 bits per heavy atom. The van der Waals surface area contributed by atoms with Gasteiger partial charge in [0.05, 0.1) is 24.8 Å². The van der Waals surface area contributed by atoms with E-state index in [2.05, 4.69) is 23.5 Å². The predicted molar refractivity (Wildman–Crippen MR) is 74.2 cm³/mol. The highest BCUT2D eigenvalue weighted by Crippen LogP contribution is 2.35. The normalized spacial score (nSPS) is 16.3. The number of anilines is 1. The van der Waals surface area contributed by atoms with Gasteiger partial charge in [-0.15, -0.1) is 0 Å². The highest BCUT2D eigenvalue weighted by Gasteiger charge is 2.22. The van der Waals surface area contributed by atoms with E-state index in [1.807, 2.05) is 30.3 Å². The molecule has 0 aliphatic carbocycles. The van der Waals surface area contributed by atoms with E-state index in [0.717, 1.165) is 17.9 Å². The lowest BCUT2D eigenvalue weighted by molar-refractivity contribution is 0.414. The average Bonchev–Trinajstić information content (AvgIpc) is 2.90. The number of methoxy groups -OCH3 is 1. The largest absolute Gasteiger partial charge is 0.497 e. The van der Waals surface area contributed by atoms with Gasteiger partial charge >= 0.3 is 0 Å². The first kappa shape index (κ1) is 11.6. The van der Waals surface area contributed by atoms with Crippen LogP contribution in [0.2, 0.25) is 0 Å². The topological polar surface area (TPSA) is 45.0 Å². The number of nitrogens with one attached hydrogen (secondary N) is 1. The second-order valence-electron chi connectivity index (χ2n) is 4.66. The summed E-state index contributed by atoms with van der Waals surface area (Å²) in [5.74, 6) is 0.868. The van der Waals surface area contributed by atoms with Crippen LogP contribution in [0, 0.1) is 11.3 Å². The minimum absolute atomic E-state index is 0.249. The summed E-state index contributed by atoms with van der Waals surface area (Å²) < 4.78 is 5.26. The summed E-state index contributed by atoms with van der Waals surface area (Å²) in [6.07, 6.45) is 0.939. The number of hydrogen-bond acceptors (Lipinski definition) is 3. The maximum atomic E-state index is 8.93. The summed E-state index contributed by atoms with van der Waals surface area (Å²) in [4.78, 5) is 0. The second kappa shape index (κ2) is 4.66. The maximum absolute atomic E-state index is 8.93. The van der Waals surface area contributed by atoms with Crippen LogP contribution in [0.25, 0.3) is 0 Å². The Labute approximate surface area is 112 Å². The predicted octanol–water partition coefficient (Wildman–Crippen LogP) is 3.28. The molecule has 1 unspecified atom stereocenters. The number of nitrogens with zero attached hydrogens (tertiary/aromatic N) is 1.